The van der Waals surface area contributed by atoms with Gasteiger partial charge in [-0.15, -0.1) is 0 Å². The number of urea groups is 1. The molecule has 202 valence electrons. The molecule has 38 heavy (non-hydrogen) atoms. The van der Waals surface area contributed by atoms with Crippen molar-refractivity contribution in [3.8, 4) is 0 Å². The molecule has 4 rings (SSSR count). The lowest BCUT2D eigenvalue weighted by Crippen LogP contribution is -2.42. The highest BCUT2D eigenvalue weighted by molar-refractivity contribution is 8.13. The van der Waals surface area contributed by atoms with E-state index in [1.807, 2.05) is 0 Å². The minimum atomic E-state index is -4.60. The minimum Gasteiger partial charge on any atom is -0.460 e. The Hall–Kier alpha value is -3.51. The molecule has 0 bridgehead atoms. The Labute approximate surface area is 222 Å². The van der Waals surface area contributed by atoms with Crippen LogP contribution in [0.2, 0.25) is 0 Å². The minimum absolute atomic E-state index is 0.111. The van der Waals surface area contributed by atoms with E-state index < -0.39 is 29.8 Å². The van der Waals surface area contributed by atoms with Crippen LogP contribution in [0, 0.1) is 0 Å². The number of rotatable bonds is 7. The summed E-state index contributed by atoms with van der Waals surface area (Å²) in [5.74, 6) is 0.450. The van der Waals surface area contributed by atoms with Gasteiger partial charge in [0.2, 0.25) is 0 Å². The molecule has 0 radical (unpaired) electrons. The number of ether oxygens (including phenoxy) is 2. The van der Waals surface area contributed by atoms with Gasteiger partial charge in [-0.1, -0.05) is 36.0 Å². The third-order valence-corrected chi connectivity index (χ3v) is 7.04. The second kappa shape index (κ2) is 11.9. The average molecular weight is 549 g/mol. The van der Waals surface area contributed by atoms with Crippen LogP contribution >= 0.6 is 11.8 Å². The summed E-state index contributed by atoms with van der Waals surface area (Å²) in [6.45, 7) is 2.87. The molecule has 2 aromatic rings. The molecule has 1 unspecified atom stereocenters. The zero-order valence-electron chi connectivity index (χ0n) is 20.8. The number of methoxy groups -OCH3 is 1. The van der Waals surface area contributed by atoms with Crippen molar-refractivity contribution in [2.45, 2.75) is 25.6 Å². The topological polar surface area (TPSA) is 92.3 Å². The van der Waals surface area contributed by atoms with Gasteiger partial charge in [0, 0.05) is 25.1 Å². The molecule has 2 heterocycles. The fourth-order valence-electron chi connectivity index (χ4n) is 4.24. The summed E-state index contributed by atoms with van der Waals surface area (Å²) in [7, 11) is 1.52. The Morgan fingerprint density at radius 2 is 1.84 bits per heavy atom. The lowest BCUT2D eigenvalue weighted by atomic mass is 9.94. The SMILES string of the molecule is COCCOC(=O)C1=C(C)N=C2SCCCN2C1c1ccc(NC(=O)Nc2ccccc2C(F)(F)F)cc1. The van der Waals surface area contributed by atoms with Crippen molar-refractivity contribution in [3.63, 3.8) is 0 Å². The number of nitrogens with zero attached hydrogens (tertiary/aromatic N) is 2. The van der Waals surface area contributed by atoms with E-state index in [1.165, 1.54) is 25.3 Å². The number of halogens is 3. The largest absolute Gasteiger partial charge is 0.460 e. The predicted molar refractivity (Wildman–Crippen MR) is 140 cm³/mol. The number of nitrogens with one attached hydrogen (secondary N) is 2. The average Bonchev–Trinajstić information content (AvgIpc) is 2.88. The second-order valence-electron chi connectivity index (χ2n) is 8.56. The van der Waals surface area contributed by atoms with Gasteiger partial charge in [-0.25, -0.2) is 14.6 Å². The first kappa shape index (κ1) is 27.5. The summed E-state index contributed by atoms with van der Waals surface area (Å²) in [6, 6.07) is 10.3. The summed E-state index contributed by atoms with van der Waals surface area (Å²) in [5, 5.41) is 5.64. The number of hydrogen-bond acceptors (Lipinski definition) is 7. The highest BCUT2D eigenvalue weighted by Crippen LogP contribution is 2.40. The molecule has 2 amide bonds. The first-order valence-corrected chi connectivity index (χ1v) is 12.9. The normalized spacial score (nSPS) is 17.4. The molecule has 2 aliphatic rings. The first-order chi connectivity index (χ1) is 18.2. The van der Waals surface area contributed by atoms with Gasteiger partial charge in [-0.05, 0) is 43.2 Å². The van der Waals surface area contributed by atoms with E-state index in [4.69, 9.17) is 9.47 Å². The highest BCUT2D eigenvalue weighted by Gasteiger charge is 2.38. The van der Waals surface area contributed by atoms with E-state index in [-0.39, 0.29) is 18.9 Å². The number of fused-ring (bicyclic) bond motifs is 1. The number of amides is 2. The van der Waals surface area contributed by atoms with Crippen LogP contribution in [0.1, 0.15) is 30.5 Å². The van der Waals surface area contributed by atoms with Crippen LogP contribution in [0.5, 0.6) is 0 Å². The van der Waals surface area contributed by atoms with Crippen molar-refractivity contribution in [1.29, 1.82) is 0 Å². The second-order valence-corrected chi connectivity index (χ2v) is 9.63. The molecule has 0 saturated carbocycles. The number of benzene rings is 2. The maximum Gasteiger partial charge on any atom is 0.418 e. The number of para-hydroxylation sites is 1. The van der Waals surface area contributed by atoms with E-state index in [2.05, 4.69) is 20.5 Å². The van der Waals surface area contributed by atoms with Crippen molar-refractivity contribution >= 4 is 40.3 Å². The zero-order valence-corrected chi connectivity index (χ0v) is 21.6. The first-order valence-electron chi connectivity index (χ1n) is 11.9. The maximum atomic E-state index is 13.2. The Balaban J connectivity index is 1.53. The van der Waals surface area contributed by atoms with Crippen LogP contribution in [0.4, 0.5) is 29.3 Å². The molecule has 2 aromatic carbocycles. The number of amidine groups is 1. The van der Waals surface area contributed by atoms with Crippen molar-refractivity contribution < 1.29 is 32.2 Å². The fraction of sp³-hybridized carbons (Fsp3) is 0.346. The molecule has 1 atom stereocenters. The highest BCUT2D eigenvalue weighted by atomic mass is 32.2. The fourth-order valence-corrected chi connectivity index (χ4v) is 5.26. The summed E-state index contributed by atoms with van der Waals surface area (Å²) in [6.07, 6.45) is -3.68. The van der Waals surface area contributed by atoms with Crippen molar-refractivity contribution in [1.82, 2.24) is 4.90 Å². The van der Waals surface area contributed by atoms with Crippen molar-refractivity contribution in [2.75, 3.05) is 43.3 Å². The number of allylic oxidation sites excluding steroid dienone is 1. The van der Waals surface area contributed by atoms with Gasteiger partial charge in [0.25, 0.3) is 0 Å². The summed E-state index contributed by atoms with van der Waals surface area (Å²) < 4.78 is 50.1. The number of hydrogen-bond donors (Lipinski definition) is 2. The number of esters is 1. The van der Waals surface area contributed by atoms with Crippen LogP contribution in [-0.2, 0) is 20.4 Å². The van der Waals surface area contributed by atoms with Gasteiger partial charge < -0.3 is 25.0 Å². The number of thioether (sulfide) groups is 1. The molecule has 0 spiro atoms. The monoisotopic (exact) mass is 548 g/mol. The number of aliphatic imine (C=N–C) groups is 1. The predicted octanol–water partition coefficient (Wildman–Crippen LogP) is 5.66. The van der Waals surface area contributed by atoms with Crippen LogP contribution < -0.4 is 10.6 Å². The van der Waals surface area contributed by atoms with Gasteiger partial charge in [0.05, 0.1) is 35.2 Å². The third kappa shape index (κ3) is 6.30. The van der Waals surface area contributed by atoms with Crippen LogP contribution in [0.25, 0.3) is 0 Å². The number of anilines is 2. The molecular weight excluding hydrogens is 521 g/mol. The molecule has 2 aliphatic heterocycles. The lowest BCUT2D eigenvalue weighted by Gasteiger charge is -2.40. The van der Waals surface area contributed by atoms with Gasteiger partial charge in [-0.3, -0.25) is 0 Å². The quantitative estimate of drug-likeness (QED) is 0.343. The maximum absolute atomic E-state index is 13.2. The molecule has 0 aliphatic carbocycles. The summed E-state index contributed by atoms with van der Waals surface area (Å²) in [5.41, 5.74) is 0.872. The number of carbonyl (C=O) groups is 2. The zero-order chi connectivity index (χ0) is 27.3. The lowest BCUT2D eigenvalue weighted by molar-refractivity contribution is -0.141. The molecule has 0 aromatic heterocycles. The van der Waals surface area contributed by atoms with Crippen LogP contribution in [0.3, 0.4) is 0 Å². The molecular formula is C26H27F3N4O4S. The Morgan fingerprint density at radius 1 is 1.11 bits per heavy atom. The van der Waals surface area contributed by atoms with Crippen LogP contribution in [0.15, 0.2) is 64.8 Å². The molecule has 2 N–H and O–H groups in total. The molecule has 8 nitrogen and oxygen atoms in total. The van der Waals surface area contributed by atoms with Gasteiger partial charge in [-0.2, -0.15) is 13.2 Å². The third-order valence-electron chi connectivity index (χ3n) is 5.96. The van der Waals surface area contributed by atoms with E-state index in [0.29, 0.717) is 23.5 Å². The molecule has 12 heteroatoms. The van der Waals surface area contributed by atoms with Gasteiger partial charge in [0.1, 0.15) is 6.61 Å². The van der Waals surface area contributed by atoms with Gasteiger partial charge in [0.15, 0.2) is 5.17 Å². The molecule has 1 saturated heterocycles. The Bertz CT molecular complexity index is 1250. The smallest absolute Gasteiger partial charge is 0.418 e. The Kier molecular flexibility index (Phi) is 8.62. The molecule has 1 fully saturated rings. The van der Waals surface area contributed by atoms with Crippen LogP contribution in [-0.4, -0.2) is 54.7 Å². The number of carbonyl (C=O) groups excluding carboxylic acids is 2. The van der Waals surface area contributed by atoms with Crippen molar-refractivity contribution in [3.05, 3.63) is 70.9 Å². The van der Waals surface area contributed by atoms with Crippen molar-refractivity contribution in [2.24, 2.45) is 4.99 Å². The van der Waals surface area contributed by atoms with E-state index >= 15 is 0 Å². The van der Waals surface area contributed by atoms with E-state index in [9.17, 15) is 22.8 Å². The van der Waals surface area contributed by atoms with E-state index in [0.717, 1.165) is 29.0 Å². The van der Waals surface area contributed by atoms with Gasteiger partial charge >= 0.3 is 18.2 Å². The Morgan fingerprint density at radius 3 is 2.55 bits per heavy atom. The van der Waals surface area contributed by atoms with E-state index in [1.54, 1.807) is 43.0 Å². The standard InChI is InChI=1S/C26H27F3N4O4S/c1-16-21(23(34)37-14-13-36-2)22(33-12-5-15-38-25(33)30-16)17-8-10-18(11-9-17)31-24(35)32-20-7-4-3-6-19(20)26(27,28)29/h3-4,6-11,22H,5,12-15H2,1-2H3,(H2,31,32,35). The number of alkyl halides is 3. The summed E-state index contributed by atoms with van der Waals surface area (Å²) in [4.78, 5) is 32.2. The summed E-state index contributed by atoms with van der Waals surface area (Å²) >= 11 is 1.62.